The van der Waals surface area contributed by atoms with Crippen molar-refractivity contribution in [3.05, 3.63) is 35.1 Å². The van der Waals surface area contributed by atoms with Crippen molar-refractivity contribution >= 4 is 5.91 Å². The molecule has 1 amide bonds. The van der Waals surface area contributed by atoms with Crippen LogP contribution in [0.1, 0.15) is 15.9 Å². The van der Waals surface area contributed by atoms with Gasteiger partial charge in [0.25, 0.3) is 5.91 Å². The van der Waals surface area contributed by atoms with Gasteiger partial charge in [-0.05, 0) is 18.2 Å². The number of hydrogen-bond acceptors (Lipinski definition) is 3. The molecule has 0 spiro atoms. The average Bonchev–Trinajstić information content (AvgIpc) is 2.42. The molecule has 0 aromatic heterocycles. The van der Waals surface area contributed by atoms with E-state index >= 15 is 0 Å². The molecule has 19 heavy (non-hydrogen) atoms. The Morgan fingerprint density at radius 3 is 2.89 bits per heavy atom. The monoisotopic (exact) mass is 265 g/mol. The summed E-state index contributed by atoms with van der Waals surface area (Å²) in [5.41, 5.74) is 0.573. The van der Waals surface area contributed by atoms with Crippen LogP contribution in [0.15, 0.2) is 18.2 Å². The normalized spacial score (nSPS) is 9.68. The summed E-state index contributed by atoms with van der Waals surface area (Å²) in [5.74, 6) is 4.25. The summed E-state index contributed by atoms with van der Waals surface area (Å²) < 4.78 is 18.1. The van der Waals surface area contributed by atoms with Crippen LogP contribution in [0.25, 0.3) is 0 Å². The first-order chi connectivity index (χ1) is 9.10. The van der Waals surface area contributed by atoms with Crippen LogP contribution in [0.5, 0.6) is 0 Å². The molecule has 102 valence electrons. The van der Waals surface area contributed by atoms with Crippen molar-refractivity contribution in [3.8, 4) is 11.8 Å². The van der Waals surface area contributed by atoms with Crippen molar-refractivity contribution in [2.75, 3.05) is 33.9 Å². The van der Waals surface area contributed by atoms with Gasteiger partial charge in [0.1, 0.15) is 12.4 Å². The third-order valence-electron chi connectivity index (χ3n) is 2.49. The van der Waals surface area contributed by atoms with Gasteiger partial charge in [-0.1, -0.05) is 11.8 Å². The summed E-state index contributed by atoms with van der Waals surface area (Å²) in [6.45, 7) is 0.485. The van der Waals surface area contributed by atoms with Gasteiger partial charge in [-0.15, -0.1) is 0 Å². The summed E-state index contributed by atoms with van der Waals surface area (Å²) in [6.07, 6.45) is 0. The van der Waals surface area contributed by atoms with Gasteiger partial charge in [-0.25, -0.2) is 4.39 Å². The number of carbonyl (C=O) groups is 1. The second-order valence-electron chi connectivity index (χ2n) is 3.87. The fraction of sp³-hybridized carbons (Fsp3) is 0.357. The second kappa shape index (κ2) is 7.52. The SMILES string of the molecule is COCCN(C)C(=O)c1cc(F)ccc1C#CCO. The third-order valence-corrected chi connectivity index (χ3v) is 2.49. The van der Waals surface area contributed by atoms with E-state index in [0.29, 0.717) is 18.7 Å². The number of nitrogens with zero attached hydrogens (tertiary/aromatic N) is 1. The summed E-state index contributed by atoms with van der Waals surface area (Å²) in [5, 5.41) is 8.68. The molecule has 1 aromatic rings. The number of hydrogen-bond donors (Lipinski definition) is 1. The first-order valence-electron chi connectivity index (χ1n) is 5.73. The number of benzene rings is 1. The third kappa shape index (κ3) is 4.36. The average molecular weight is 265 g/mol. The van der Waals surface area contributed by atoms with Gasteiger partial charge in [0.05, 0.1) is 12.2 Å². The largest absolute Gasteiger partial charge is 0.384 e. The summed E-state index contributed by atoms with van der Waals surface area (Å²) in [6, 6.07) is 3.80. The maximum Gasteiger partial charge on any atom is 0.255 e. The highest BCUT2D eigenvalue weighted by Crippen LogP contribution is 2.12. The Bertz CT molecular complexity index is 505. The van der Waals surface area contributed by atoms with Gasteiger partial charge in [0.15, 0.2) is 0 Å². The lowest BCUT2D eigenvalue weighted by Crippen LogP contribution is -2.30. The summed E-state index contributed by atoms with van der Waals surface area (Å²) >= 11 is 0. The van der Waals surface area contributed by atoms with E-state index in [1.807, 2.05) is 0 Å². The fourth-order valence-corrected chi connectivity index (χ4v) is 1.47. The number of likely N-dealkylation sites (N-methyl/N-ethyl adjacent to an activating group) is 1. The quantitative estimate of drug-likeness (QED) is 0.822. The van der Waals surface area contributed by atoms with Crippen LogP contribution in [0.2, 0.25) is 0 Å². The first kappa shape index (κ1) is 15.2. The van der Waals surface area contributed by atoms with Gasteiger partial charge in [-0.3, -0.25) is 4.79 Å². The van der Waals surface area contributed by atoms with E-state index in [4.69, 9.17) is 9.84 Å². The smallest absolute Gasteiger partial charge is 0.255 e. The van der Waals surface area contributed by atoms with Gasteiger partial charge >= 0.3 is 0 Å². The van der Waals surface area contributed by atoms with Crippen LogP contribution in [-0.4, -0.2) is 49.8 Å². The Hall–Kier alpha value is -1.90. The molecule has 0 aliphatic heterocycles. The van der Waals surface area contributed by atoms with E-state index in [1.165, 1.54) is 17.0 Å². The molecule has 1 rings (SSSR count). The molecule has 0 aliphatic rings. The maximum absolute atomic E-state index is 13.3. The minimum absolute atomic E-state index is 0.180. The molecule has 0 radical (unpaired) electrons. The highest BCUT2D eigenvalue weighted by Gasteiger charge is 2.15. The molecule has 5 heteroatoms. The Morgan fingerprint density at radius 2 is 2.26 bits per heavy atom. The maximum atomic E-state index is 13.3. The number of halogens is 1. The standard InChI is InChI=1S/C14H16FNO3/c1-16(7-9-19-2)14(18)13-10-12(15)6-5-11(13)4-3-8-17/h5-6,10,17H,7-9H2,1-2H3. The molecule has 1 aromatic carbocycles. The number of carbonyl (C=O) groups excluding carboxylic acids is 1. The van der Waals surface area contributed by atoms with E-state index in [-0.39, 0.29) is 18.1 Å². The highest BCUT2D eigenvalue weighted by molar-refractivity contribution is 5.96. The van der Waals surface area contributed by atoms with E-state index in [0.717, 1.165) is 6.07 Å². The Labute approximate surface area is 111 Å². The van der Waals surface area contributed by atoms with Crippen LogP contribution in [0.3, 0.4) is 0 Å². The topological polar surface area (TPSA) is 49.8 Å². The zero-order chi connectivity index (χ0) is 14.3. The van der Waals surface area contributed by atoms with Crippen molar-refractivity contribution in [2.45, 2.75) is 0 Å². The van der Waals surface area contributed by atoms with Gasteiger partial charge in [0.2, 0.25) is 0 Å². The molecule has 0 bridgehead atoms. The van der Waals surface area contributed by atoms with Crippen molar-refractivity contribution in [1.82, 2.24) is 4.90 Å². The molecule has 0 saturated heterocycles. The van der Waals surface area contributed by atoms with E-state index in [2.05, 4.69) is 11.8 Å². The van der Waals surface area contributed by atoms with Gasteiger partial charge in [-0.2, -0.15) is 0 Å². The molecule has 0 heterocycles. The van der Waals surface area contributed by atoms with Crippen molar-refractivity contribution in [1.29, 1.82) is 0 Å². The molecule has 0 saturated carbocycles. The second-order valence-corrected chi connectivity index (χ2v) is 3.87. The van der Waals surface area contributed by atoms with Gasteiger partial charge < -0.3 is 14.7 Å². The molecule has 0 unspecified atom stereocenters. The van der Waals surface area contributed by atoms with Crippen LogP contribution < -0.4 is 0 Å². The number of aliphatic hydroxyl groups is 1. The molecule has 0 aliphatic carbocycles. The lowest BCUT2D eigenvalue weighted by Gasteiger charge is -2.17. The summed E-state index contributed by atoms with van der Waals surface area (Å²) in [4.78, 5) is 13.6. The molecule has 0 atom stereocenters. The lowest BCUT2D eigenvalue weighted by atomic mass is 10.1. The summed E-state index contributed by atoms with van der Waals surface area (Å²) in [7, 11) is 3.15. The minimum Gasteiger partial charge on any atom is -0.384 e. The number of aliphatic hydroxyl groups excluding tert-OH is 1. The van der Waals surface area contributed by atoms with Crippen LogP contribution in [-0.2, 0) is 4.74 Å². The van der Waals surface area contributed by atoms with Crippen molar-refractivity contribution in [3.63, 3.8) is 0 Å². The van der Waals surface area contributed by atoms with E-state index < -0.39 is 5.82 Å². The molecule has 1 N–H and O–H groups in total. The zero-order valence-electron chi connectivity index (χ0n) is 10.9. The number of amides is 1. The van der Waals surface area contributed by atoms with Crippen molar-refractivity contribution < 1.29 is 19.0 Å². The molecular weight excluding hydrogens is 249 g/mol. The predicted molar refractivity (Wildman–Crippen MR) is 69.2 cm³/mol. The van der Waals surface area contributed by atoms with Crippen LogP contribution in [0, 0.1) is 17.7 Å². The molecular formula is C14H16FNO3. The fourth-order valence-electron chi connectivity index (χ4n) is 1.47. The number of methoxy groups -OCH3 is 1. The first-order valence-corrected chi connectivity index (χ1v) is 5.73. The lowest BCUT2D eigenvalue weighted by molar-refractivity contribution is 0.0743. The Kier molecular flexibility index (Phi) is 6.00. The minimum atomic E-state index is -0.502. The van der Waals surface area contributed by atoms with Crippen LogP contribution in [0.4, 0.5) is 4.39 Å². The van der Waals surface area contributed by atoms with E-state index in [1.54, 1.807) is 14.2 Å². The highest BCUT2D eigenvalue weighted by atomic mass is 19.1. The van der Waals surface area contributed by atoms with Crippen molar-refractivity contribution in [2.24, 2.45) is 0 Å². The zero-order valence-corrected chi connectivity index (χ0v) is 10.9. The number of ether oxygens (including phenoxy) is 1. The van der Waals surface area contributed by atoms with Crippen LogP contribution >= 0.6 is 0 Å². The number of rotatable bonds is 4. The molecule has 0 fully saturated rings. The Balaban J connectivity index is 3.03. The Morgan fingerprint density at radius 1 is 1.53 bits per heavy atom. The predicted octanol–water partition coefficient (Wildman–Crippen LogP) is 0.888. The van der Waals surface area contributed by atoms with Gasteiger partial charge in [0, 0.05) is 26.3 Å². The molecule has 4 nitrogen and oxygen atoms in total. The van der Waals surface area contributed by atoms with E-state index in [9.17, 15) is 9.18 Å².